The molecule has 0 bridgehead atoms. The van der Waals surface area contributed by atoms with E-state index in [2.05, 4.69) is 5.32 Å². The number of rotatable bonds is 6. The van der Waals surface area contributed by atoms with Crippen molar-refractivity contribution in [3.63, 3.8) is 0 Å². The lowest BCUT2D eigenvalue weighted by molar-refractivity contribution is 0.102. The molecule has 1 aliphatic rings. The minimum Gasteiger partial charge on any atom is -0.489 e. The Morgan fingerprint density at radius 2 is 1.83 bits per heavy atom. The molecule has 1 fully saturated rings. The molecule has 1 saturated heterocycles. The van der Waals surface area contributed by atoms with Crippen molar-refractivity contribution in [3.05, 3.63) is 53.1 Å². The van der Waals surface area contributed by atoms with E-state index in [1.54, 1.807) is 30.3 Å². The van der Waals surface area contributed by atoms with Crippen molar-refractivity contribution >= 4 is 33.2 Å². The highest BCUT2D eigenvalue weighted by Gasteiger charge is 2.27. The summed E-state index contributed by atoms with van der Waals surface area (Å²) in [6.07, 6.45) is 2.60. The van der Waals surface area contributed by atoms with Gasteiger partial charge in [0.2, 0.25) is 10.0 Å². The number of benzene rings is 2. The molecule has 156 valence electrons. The highest BCUT2D eigenvalue weighted by molar-refractivity contribution is 7.89. The van der Waals surface area contributed by atoms with Gasteiger partial charge in [0, 0.05) is 23.7 Å². The smallest absolute Gasteiger partial charge is 0.255 e. The highest BCUT2D eigenvalue weighted by Crippen LogP contribution is 2.31. The molecule has 0 aromatic heterocycles. The molecule has 0 saturated carbocycles. The number of amides is 1. The molecule has 6 nitrogen and oxygen atoms in total. The summed E-state index contributed by atoms with van der Waals surface area (Å²) in [4.78, 5) is 12.8. The van der Waals surface area contributed by atoms with Crippen LogP contribution in [0.1, 0.15) is 43.5 Å². The van der Waals surface area contributed by atoms with Crippen molar-refractivity contribution in [1.82, 2.24) is 4.31 Å². The van der Waals surface area contributed by atoms with Crippen molar-refractivity contribution in [2.75, 3.05) is 18.4 Å². The lowest BCUT2D eigenvalue weighted by atomic mass is 10.2. The lowest BCUT2D eigenvalue weighted by Crippen LogP contribution is -2.35. The summed E-state index contributed by atoms with van der Waals surface area (Å²) in [6.45, 7) is 4.75. The van der Waals surface area contributed by atoms with Crippen molar-refractivity contribution in [3.8, 4) is 5.75 Å². The van der Waals surface area contributed by atoms with Crippen LogP contribution in [0, 0.1) is 0 Å². The van der Waals surface area contributed by atoms with Crippen molar-refractivity contribution in [2.24, 2.45) is 0 Å². The van der Waals surface area contributed by atoms with Gasteiger partial charge in [-0.15, -0.1) is 0 Å². The predicted octanol–water partition coefficient (Wildman–Crippen LogP) is 4.55. The molecule has 2 aromatic rings. The zero-order valence-corrected chi connectivity index (χ0v) is 18.1. The second kappa shape index (κ2) is 9.15. The van der Waals surface area contributed by atoms with Crippen molar-refractivity contribution in [2.45, 2.75) is 44.1 Å². The molecule has 8 heteroatoms. The number of carbonyl (C=O) groups is 1. The van der Waals surface area contributed by atoms with Gasteiger partial charge < -0.3 is 10.1 Å². The number of piperidine rings is 1. The standard InChI is InChI=1S/C21H25ClN2O4S/c1-15(2)28-20-10-9-18(29(26,27)24-11-4-3-5-12-24)14-19(20)23-21(25)16-7-6-8-17(22)13-16/h6-10,13-15H,3-5,11-12H2,1-2H3,(H,23,25). The Morgan fingerprint density at radius 1 is 1.10 bits per heavy atom. The van der Waals surface area contributed by atoms with E-state index in [4.69, 9.17) is 16.3 Å². The monoisotopic (exact) mass is 436 g/mol. The summed E-state index contributed by atoms with van der Waals surface area (Å²) < 4.78 is 33.3. The summed E-state index contributed by atoms with van der Waals surface area (Å²) in [5.41, 5.74) is 0.680. The van der Waals surface area contributed by atoms with E-state index in [0.29, 0.717) is 35.1 Å². The molecular weight excluding hydrogens is 412 g/mol. The van der Waals surface area contributed by atoms with Crippen LogP contribution in [-0.2, 0) is 10.0 Å². The van der Waals surface area contributed by atoms with E-state index in [9.17, 15) is 13.2 Å². The van der Waals surface area contributed by atoms with Crippen LogP contribution in [0.25, 0.3) is 0 Å². The van der Waals surface area contributed by atoms with Crippen LogP contribution in [0.4, 0.5) is 5.69 Å². The second-order valence-corrected chi connectivity index (χ2v) is 9.63. The number of ether oxygens (including phenoxy) is 1. The van der Waals surface area contributed by atoms with Gasteiger partial charge in [0.15, 0.2) is 0 Å². The van der Waals surface area contributed by atoms with Crippen LogP contribution in [0.5, 0.6) is 5.75 Å². The normalized spacial score (nSPS) is 15.3. The fraction of sp³-hybridized carbons (Fsp3) is 0.381. The van der Waals surface area contributed by atoms with E-state index in [1.165, 1.54) is 16.4 Å². The second-order valence-electron chi connectivity index (χ2n) is 7.25. The van der Waals surface area contributed by atoms with Gasteiger partial charge in [-0.25, -0.2) is 8.42 Å². The summed E-state index contributed by atoms with van der Waals surface area (Å²) >= 11 is 5.97. The maximum Gasteiger partial charge on any atom is 0.255 e. The molecule has 2 aromatic carbocycles. The van der Waals surface area contributed by atoms with E-state index in [-0.39, 0.29) is 11.0 Å². The summed E-state index contributed by atoms with van der Waals surface area (Å²) in [7, 11) is -3.63. The zero-order chi connectivity index (χ0) is 21.0. The molecule has 1 amide bonds. The third-order valence-corrected chi connectivity index (χ3v) is 6.73. The Labute approximate surface area is 176 Å². The molecule has 1 aliphatic heterocycles. The van der Waals surface area contributed by atoms with Crippen LogP contribution >= 0.6 is 11.6 Å². The fourth-order valence-corrected chi connectivity index (χ4v) is 4.94. The Balaban J connectivity index is 1.94. The minimum atomic E-state index is -3.63. The van der Waals surface area contributed by atoms with Crippen LogP contribution < -0.4 is 10.1 Å². The average molecular weight is 437 g/mol. The number of halogens is 1. The molecule has 0 atom stereocenters. The quantitative estimate of drug-likeness (QED) is 0.720. The maximum absolute atomic E-state index is 13.0. The number of hydrogen-bond acceptors (Lipinski definition) is 4. The number of carbonyl (C=O) groups excluding carboxylic acids is 1. The van der Waals surface area contributed by atoms with Gasteiger partial charge in [-0.1, -0.05) is 24.1 Å². The molecule has 0 unspecified atom stereocenters. The van der Waals surface area contributed by atoms with Gasteiger partial charge in [-0.2, -0.15) is 4.31 Å². The zero-order valence-electron chi connectivity index (χ0n) is 16.5. The number of hydrogen-bond donors (Lipinski definition) is 1. The van der Waals surface area contributed by atoms with Gasteiger partial charge >= 0.3 is 0 Å². The van der Waals surface area contributed by atoms with Gasteiger partial charge in [0.05, 0.1) is 16.7 Å². The first-order valence-electron chi connectivity index (χ1n) is 9.65. The van der Waals surface area contributed by atoms with E-state index in [1.807, 2.05) is 13.8 Å². The third kappa shape index (κ3) is 5.29. The Morgan fingerprint density at radius 3 is 2.48 bits per heavy atom. The van der Waals surface area contributed by atoms with E-state index in [0.717, 1.165) is 19.3 Å². The number of nitrogens with one attached hydrogen (secondary N) is 1. The Hall–Kier alpha value is -2.09. The van der Waals surface area contributed by atoms with Gasteiger partial charge in [-0.05, 0) is 63.1 Å². The topological polar surface area (TPSA) is 75.7 Å². The first-order chi connectivity index (χ1) is 13.8. The van der Waals surface area contributed by atoms with Crippen LogP contribution in [0.15, 0.2) is 47.4 Å². The van der Waals surface area contributed by atoms with Gasteiger partial charge in [0.25, 0.3) is 5.91 Å². The van der Waals surface area contributed by atoms with Gasteiger partial charge in [0.1, 0.15) is 5.75 Å². The largest absolute Gasteiger partial charge is 0.489 e. The average Bonchev–Trinajstić information content (AvgIpc) is 2.69. The summed E-state index contributed by atoms with van der Waals surface area (Å²) in [5, 5.41) is 3.21. The third-order valence-electron chi connectivity index (χ3n) is 4.60. The Kier molecular flexibility index (Phi) is 6.82. The maximum atomic E-state index is 13.0. The highest BCUT2D eigenvalue weighted by atomic mass is 35.5. The molecule has 1 heterocycles. The van der Waals surface area contributed by atoms with Crippen LogP contribution in [0.2, 0.25) is 5.02 Å². The van der Waals surface area contributed by atoms with E-state index < -0.39 is 15.9 Å². The molecule has 0 aliphatic carbocycles. The molecule has 0 spiro atoms. The van der Waals surface area contributed by atoms with E-state index >= 15 is 0 Å². The van der Waals surface area contributed by atoms with Crippen molar-refractivity contribution < 1.29 is 17.9 Å². The van der Waals surface area contributed by atoms with Crippen LogP contribution in [0.3, 0.4) is 0 Å². The molecule has 0 radical (unpaired) electrons. The number of nitrogens with zero attached hydrogens (tertiary/aromatic N) is 1. The molecule has 29 heavy (non-hydrogen) atoms. The number of anilines is 1. The summed E-state index contributed by atoms with van der Waals surface area (Å²) in [6, 6.07) is 11.1. The molecule has 3 rings (SSSR count). The molecular formula is C21H25ClN2O4S. The first kappa shape index (κ1) is 21.6. The SMILES string of the molecule is CC(C)Oc1ccc(S(=O)(=O)N2CCCCC2)cc1NC(=O)c1cccc(Cl)c1. The lowest BCUT2D eigenvalue weighted by Gasteiger charge is -2.26. The predicted molar refractivity (Wildman–Crippen MR) is 114 cm³/mol. The first-order valence-corrected chi connectivity index (χ1v) is 11.5. The summed E-state index contributed by atoms with van der Waals surface area (Å²) in [5.74, 6) is 0.0154. The van der Waals surface area contributed by atoms with Crippen LogP contribution in [-0.4, -0.2) is 37.8 Å². The minimum absolute atomic E-state index is 0.136. The molecule has 1 N–H and O–H groups in total. The van der Waals surface area contributed by atoms with Crippen molar-refractivity contribution in [1.29, 1.82) is 0 Å². The fourth-order valence-electron chi connectivity index (χ4n) is 3.20. The van der Waals surface area contributed by atoms with Gasteiger partial charge in [-0.3, -0.25) is 4.79 Å². The Bertz CT molecular complexity index is 986. The number of sulfonamides is 1.